The van der Waals surface area contributed by atoms with Gasteiger partial charge in [0.25, 0.3) is 5.91 Å². The first kappa shape index (κ1) is 21.0. The van der Waals surface area contributed by atoms with E-state index in [-0.39, 0.29) is 11.3 Å². The van der Waals surface area contributed by atoms with Crippen LogP contribution in [0.15, 0.2) is 47.9 Å². The Labute approximate surface area is 174 Å². The lowest BCUT2D eigenvalue weighted by molar-refractivity contribution is 0.0982. The number of hydrogen-bond acceptors (Lipinski definition) is 6. The SMILES string of the molecule is COc1cc(C(=O)N(c2cccc(Cl)c2)[C@H]2C=CS(=O)(=O)C2)cc(OC)c1OC. The summed E-state index contributed by atoms with van der Waals surface area (Å²) in [4.78, 5) is 14.9. The largest absolute Gasteiger partial charge is 0.493 e. The van der Waals surface area contributed by atoms with Gasteiger partial charge in [-0.05, 0) is 36.4 Å². The Hall–Kier alpha value is -2.71. The Bertz CT molecular complexity index is 1040. The minimum absolute atomic E-state index is 0.213. The van der Waals surface area contributed by atoms with Crippen LogP contribution in [0.3, 0.4) is 0 Å². The third-order valence-electron chi connectivity index (χ3n) is 4.46. The van der Waals surface area contributed by atoms with Gasteiger partial charge in [-0.2, -0.15) is 0 Å². The zero-order chi connectivity index (χ0) is 21.2. The number of halogens is 1. The summed E-state index contributed by atoms with van der Waals surface area (Å²) < 4.78 is 39.9. The van der Waals surface area contributed by atoms with E-state index in [1.807, 2.05) is 0 Å². The van der Waals surface area contributed by atoms with Crippen LogP contribution in [0.2, 0.25) is 5.02 Å². The van der Waals surface area contributed by atoms with Gasteiger partial charge >= 0.3 is 0 Å². The van der Waals surface area contributed by atoms with Gasteiger partial charge in [0, 0.05) is 21.7 Å². The normalized spacial score (nSPS) is 17.0. The molecule has 0 fully saturated rings. The molecule has 0 aromatic heterocycles. The summed E-state index contributed by atoms with van der Waals surface area (Å²) >= 11 is 6.11. The molecule has 0 saturated heterocycles. The summed E-state index contributed by atoms with van der Waals surface area (Å²) in [6.45, 7) is 0. The molecular weight excluding hydrogens is 418 g/mol. The quantitative estimate of drug-likeness (QED) is 0.689. The maximum atomic E-state index is 13.5. The molecule has 1 heterocycles. The van der Waals surface area contributed by atoms with Crippen LogP contribution in [-0.4, -0.2) is 47.4 Å². The van der Waals surface area contributed by atoms with Crippen LogP contribution in [0, 0.1) is 0 Å². The van der Waals surface area contributed by atoms with Crippen LogP contribution >= 0.6 is 11.6 Å². The number of methoxy groups -OCH3 is 3. The lowest BCUT2D eigenvalue weighted by atomic mass is 10.1. The van der Waals surface area contributed by atoms with Gasteiger partial charge in [0.15, 0.2) is 21.3 Å². The highest BCUT2D eigenvalue weighted by Gasteiger charge is 2.33. The van der Waals surface area contributed by atoms with Crippen molar-refractivity contribution in [1.29, 1.82) is 0 Å². The number of sulfone groups is 1. The van der Waals surface area contributed by atoms with Crippen molar-refractivity contribution in [3.8, 4) is 17.2 Å². The molecule has 0 N–H and O–H groups in total. The Morgan fingerprint density at radius 2 is 1.72 bits per heavy atom. The molecule has 9 heteroatoms. The highest BCUT2D eigenvalue weighted by atomic mass is 35.5. The fourth-order valence-corrected chi connectivity index (χ4v) is 4.60. The van der Waals surface area contributed by atoms with Gasteiger partial charge in [-0.3, -0.25) is 4.79 Å². The van der Waals surface area contributed by atoms with E-state index in [1.165, 1.54) is 44.4 Å². The second kappa shape index (κ2) is 8.34. The van der Waals surface area contributed by atoms with Gasteiger partial charge in [0.05, 0.1) is 33.1 Å². The Balaban J connectivity index is 2.11. The van der Waals surface area contributed by atoms with Crippen LogP contribution in [0.25, 0.3) is 0 Å². The molecule has 7 nitrogen and oxygen atoms in total. The number of amides is 1. The zero-order valence-corrected chi connectivity index (χ0v) is 17.7. The minimum Gasteiger partial charge on any atom is -0.493 e. The van der Waals surface area contributed by atoms with Gasteiger partial charge < -0.3 is 19.1 Å². The smallest absolute Gasteiger partial charge is 0.259 e. The third kappa shape index (κ3) is 4.33. The van der Waals surface area contributed by atoms with Crippen molar-refractivity contribution in [2.45, 2.75) is 6.04 Å². The molecule has 2 aromatic rings. The summed E-state index contributed by atoms with van der Waals surface area (Å²) in [5.41, 5.74) is 0.722. The highest BCUT2D eigenvalue weighted by molar-refractivity contribution is 7.94. The van der Waals surface area contributed by atoms with Gasteiger partial charge in [-0.25, -0.2) is 8.42 Å². The summed E-state index contributed by atoms with van der Waals surface area (Å²) in [5, 5.41) is 1.55. The number of nitrogens with zero attached hydrogens (tertiary/aromatic N) is 1. The predicted octanol–water partition coefficient (Wildman–Crippen LogP) is 3.32. The fraction of sp³-hybridized carbons (Fsp3) is 0.250. The van der Waals surface area contributed by atoms with Crippen molar-refractivity contribution < 1.29 is 27.4 Å². The summed E-state index contributed by atoms with van der Waals surface area (Å²) in [5.74, 6) is 0.337. The lowest BCUT2D eigenvalue weighted by Gasteiger charge is -2.28. The molecule has 154 valence electrons. The molecule has 29 heavy (non-hydrogen) atoms. The third-order valence-corrected chi connectivity index (χ3v) is 6.07. The molecule has 0 unspecified atom stereocenters. The monoisotopic (exact) mass is 437 g/mol. The van der Waals surface area contributed by atoms with E-state index in [0.717, 1.165) is 5.41 Å². The molecule has 2 aromatic carbocycles. The Kier molecular flexibility index (Phi) is 6.04. The van der Waals surface area contributed by atoms with Crippen molar-refractivity contribution in [2.75, 3.05) is 32.0 Å². The zero-order valence-electron chi connectivity index (χ0n) is 16.1. The van der Waals surface area contributed by atoms with Crippen LogP contribution in [0.4, 0.5) is 5.69 Å². The van der Waals surface area contributed by atoms with Crippen molar-refractivity contribution in [3.63, 3.8) is 0 Å². The molecule has 1 aliphatic rings. The molecule has 0 bridgehead atoms. The van der Waals surface area contributed by atoms with E-state index in [4.69, 9.17) is 25.8 Å². The van der Waals surface area contributed by atoms with Gasteiger partial charge in [0.2, 0.25) is 5.75 Å². The maximum absolute atomic E-state index is 13.5. The van der Waals surface area contributed by atoms with Gasteiger partial charge in [-0.1, -0.05) is 17.7 Å². The number of carbonyl (C=O) groups is 1. The van der Waals surface area contributed by atoms with Crippen molar-refractivity contribution in [1.82, 2.24) is 0 Å². The average Bonchev–Trinajstić information content (AvgIpc) is 3.06. The van der Waals surface area contributed by atoms with Gasteiger partial charge in [-0.15, -0.1) is 0 Å². The fourth-order valence-electron chi connectivity index (χ4n) is 3.15. The van der Waals surface area contributed by atoms with Crippen LogP contribution in [-0.2, 0) is 9.84 Å². The topological polar surface area (TPSA) is 82.1 Å². The van der Waals surface area contributed by atoms with Crippen LogP contribution < -0.4 is 19.1 Å². The van der Waals surface area contributed by atoms with E-state index in [1.54, 1.807) is 24.3 Å². The van der Waals surface area contributed by atoms with E-state index in [9.17, 15) is 13.2 Å². The summed E-state index contributed by atoms with van der Waals surface area (Å²) in [7, 11) is 0.981. The number of ether oxygens (including phenoxy) is 3. The van der Waals surface area contributed by atoms with Crippen molar-refractivity contribution in [3.05, 3.63) is 58.5 Å². The summed E-state index contributed by atoms with van der Waals surface area (Å²) in [6, 6.07) is 9.04. The lowest BCUT2D eigenvalue weighted by Crippen LogP contribution is -2.41. The second-order valence-corrected chi connectivity index (χ2v) is 8.66. The Morgan fingerprint density at radius 1 is 1.07 bits per heavy atom. The molecule has 0 aliphatic carbocycles. The minimum atomic E-state index is -3.39. The van der Waals surface area contributed by atoms with Crippen molar-refractivity contribution >= 4 is 33.0 Å². The number of carbonyl (C=O) groups excluding carboxylic acids is 1. The maximum Gasteiger partial charge on any atom is 0.259 e. The highest BCUT2D eigenvalue weighted by Crippen LogP contribution is 2.39. The molecular formula is C20H20ClNO6S. The first-order valence-corrected chi connectivity index (χ1v) is 10.7. The molecule has 1 aliphatic heterocycles. The molecule has 1 atom stereocenters. The molecule has 3 rings (SSSR count). The number of rotatable bonds is 6. The standard InChI is InChI=1S/C20H20ClNO6S/c1-26-17-9-13(10-18(27-2)19(17)28-3)20(23)22(15-6-4-5-14(21)11-15)16-7-8-29(24,25)12-16/h4-11,16H,12H2,1-3H3/t16-/m0/s1. The van der Waals surface area contributed by atoms with E-state index >= 15 is 0 Å². The van der Waals surface area contributed by atoms with Crippen molar-refractivity contribution in [2.24, 2.45) is 0 Å². The Morgan fingerprint density at radius 3 is 2.21 bits per heavy atom. The molecule has 0 radical (unpaired) electrons. The summed E-state index contributed by atoms with van der Waals surface area (Å²) in [6.07, 6.45) is 1.49. The van der Waals surface area contributed by atoms with Crippen LogP contribution in [0.1, 0.15) is 10.4 Å². The molecule has 1 amide bonds. The first-order valence-electron chi connectivity index (χ1n) is 8.59. The number of benzene rings is 2. The molecule has 0 spiro atoms. The average molecular weight is 438 g/mol. The van der Waals surface area contributed by atoms with E-state index < -0.39 is 21.8 Å². The first-order chi connectivity index (χ1) is 13.8. The van der Waals surface area contributed by atoms with Crippen LogP contribution in [0.5, 0.6) is 17.2 Å². The van der Waals surface area contributed by atoms with E-state index in [0.29, 0.717) is 28.0 Å². The number of hydrogen-bond donors (Lipinski definition) is 0. The number of anilines is 1. The second-order valence-electron chi connectivity index (χ2n) is 6.29. The predicted molar refractivity (Wildman–Crippen MR) is 111 cm³/mol. The van der Waals surface area contributed by atoms with Gasteiger partial charge in [0.1, 0.15) is 0 Å². The van der Waals surface area contributed by atoms with E-state index in [2.05, 4.69) is 0 Å². The molecule has 0 saturated carbocycles.